The maximum Gasteiger partial charge on any atom is 0.410 e. The molecule has 1 heterocycles. The number of nitrogens with zero attached hydrogens (tertiary/aromatic N) is 2. The summed E-state index contributed by atoms with van der Waals surface area (Å²) in [6.07, 6.45) is 1.40. The van der Waals surface area contributed by atoms with E-state index in [1.807, 2.05) is 32.9 Å². The summed E-state index contributed by atoms with van der Waals surface area (Å²) >= 11 is 0. The van der Waals surface area contributed by atoms with Gasteiger partial charge < -0.3 is 15.0 Å². The maximum atomic E-state index is 12.9. The predicted octanol–water partition coefficient (Wildman–Crippen LogP) is 2.13. The van der Waals surface area contributed by atoms with E-state index < -0.39 is 11.1 Å². The van der Waals surface area contributed by atoms with Crippen molar-refractivity contribution < 1.29 is 14.3 Å². The molecule has 3 rings (SSSR count). The molecule has 1 aliphatic carbocycles. The second-order valence-corrected chi connectivity index (χ2v) is 8.05. The van der Waals surface area contributed by atoms with Crippen molar-refractivity contribution in [3.8, 4) is 0 Å². The minimum absolute atomic E-state index is 0.0353. The lowest BCUT2D eigenvalue weighted by Gasteiger charge is -2.45. The summed E-state index contributed by atoms with van der Waals surface area (Å²) in [7, 11) is 1.70. The fourth-order valence-corrected chi connectivity index (χ4v) is 4.10. The number of aryl methyl sites for hydroxylation is 1. The first-order valence-corrected chi connectivity index (χ1v) is 9.31. The summed E-state index contributed by atoms with van der Waals surface area (Å²) in [4.78, 5) is 29.2. The van der Waals surface area contributed by atoms with E-state index in [0.29, 0.717) is 26.2 Å². The van der Waals surface area contributed by atoms with Crippen LogP contribution in [0.3, 0.4) is 0 Å². The van der Waals surface area contributed by atoms with E-state index in [1.165, 1.54) is 5.56 Å². The number of piperazine rings is 1. The number of hydrogen-bond donors (Lipinski definition) is 1. The van der Waals surface area contributed by atoms with Gasteiger partial charge in [0.1, 0.15) is 11.1 Å². The Morgan fingerprint density at radius 1 is 1.12 bits per heavy atom. The Labute approximate surface area is 155 Å². The number of amides is 2. The first-order chi connectivity index (χ1) is 12.3. The second kappa shape index (κ2) is 6.91. The van der Waals surface area contributed by atoms with Crippen LogP contribution in [0.15, 0.2) is 24.3 Å². The van der Waals surface area contributed by atoms with E-state index in [9.17, 15) is 9.59 Å². The van der Waals surface area contributed by atoms with Gasteiger partial charge in [-0.15, -0.1) is 0 Å². The van der Waals surface area contributed by atoms with Gasteiger partial charge in [0.15, 0.2) is 0 Å². The quantitative estimate of drug-likeness (QED) is 0.879. The highest BCUT2D eigenvalue weighted by Gasteiger charge is 2.50. The molecule has 6 nitrogen and oxygen atoms in total. The van der Waals surface area contributed by atoms with Gasteiger partial charge in [-0.2, -0.15) is 0 Å². The Balaban J connectivity index is 1.78. The van der Waals surface area contributed by atoms with Gasteiger partial charge in [0.25, 0.3) is 0 Å². The highest BCUT2D eigenvalue weighted by Crippen LogP contribution is 2.42. The molecule has 1 aromatic rings. The third-order valence-electron chi connectivity index (χ3n) is 5.29. The lowest BCUT2D eigenvalue weighted by Crippen LogP contribution is -2.61. The third kappa shape index (κ3) is 3.30. The van der Waals surface area contributed by atoms with Crippen molar-refractivity contribution in [3.05, 3.63) is 35.4 Å². The summed E-state index contributed by atoms with van der Waals surface area (Å²) in [6, 6.07) is 8.20. The van der Waals surface area contributed by atoms with Crippen molar-refractivity contribution in [2.75, 3.05) is 33.2 Å². The van der Waals surface area contributed by atoms with Crippen LogP contribution in [0.5, 0.6) is 0 Å². The average molecular weight is 359 g/mol. The normalized spacial score (nSPS) is 23.5. The van der Waals surface area contributed by atoms with Gasteiger partial charge >= 0.3 is 6.09 Å². The van der Waals surface area contributed by atoms with Crippen LogP contribution in [-0.4, -0.2) is 60.6 Å². The minimum atomic E-state index is -0.634. The molecule has 1 aliphatic heterocycles. The lowest BCUT2D eigenvalue weighted by molar-refractivity contribution is -0.135. The fourth-order valence-electron chi connectivity index (χ4n) is 4.10. The number of benzene rings is 1. The number of hydrogen-bond acceptors (Lipinski definition) is 4. The van der Waals surface area contributed by atoms with Crippen molar-refractivity contribution in [1.29, 1.82) is 0 Å². The van der Waals surface area contributed by atoms with Crippen molar-refractivity contribution in [2.24, 2.45) is 0 Å². The molecule has 1 N–H and O–H groups in total. The van der Waals surface area contributed by atoms with Crippen LogP contribution in [-0.2, 0) is 21.5 Å². The second-order valence-electron chi connectivity index (χ2n) is 8.05. The zero-order chi connectivity index (χ0) is 18.9. The molecule has 1 atom stereocenters. The minimum Gasteiger partial charge on any atom is -0.444 e. The van der Waals surface area contributed by atoms with E-state index in [2.05, 4.69) is 22.3 Å². The van der Waals surface area contributed by atoms with Crippen molar-refractivity contribution in [1.82, 2.24) is 15.1 Å². The predicted molar refractivity (Wildman–Crippen MR) is 99.9 cm³/mol. The number of carbonyl (C=O) groups is 2. The van der Waals surface area contributed by atoms with E-state index in [-0.39, 0.29) is 12.0 Å². The molecule has 0 saturated carbocycles. The van der Waals surface area contributed by atoms with Crippen LogP contribution in [0.1, 0.15) is 38.3 Å². The third-order valence-corrected chi connectivity index (χ3v) is 5.29. The lowest BCUT2D eigenvalue weighted by atomic mass is 9.87. The molecule has 1 saturated heterocycles. The van der Waals surface area contributed by atoms with Crippen LogP contribution in [0.4, 0.5) is 4.79 Å². The molecule has 2 aliphatic rings. The highest BCUT2D eigenvalue weighted by atomic mass is 16.6. The molecule has 2 amide bonds. The number of rotatable bonds is 2. The molecule has 6 heteroatoms. The fraction of sp³-hybridized carbons (Fsp3) is 0.600. The van der Waals surface area contributed by atoms with Gasteiger partial charge in [-0.05, 0) is 44.7 Å². The smallest absolute Gasteiger partial charge is 0.410 e. The summed E-state index contributed by atoms with van der Waals surface area (Å²) in [5.41, 5.74) is 1.21. The van der Waals surface area contributed by atoms with Crippen molar-refractivity contribution in [2.45, 2.75) is 44.8 Å². The number of likely N-dealkylation sites (N-methyl/N-ethyl adjacent to an activating group) is 1. The SMILES string of the molecule is CNC(=O)C1(N2CCN(C(=O)OC(C)(C)C)CC2)CCc2ccccc21. The molecular formula is C20H29N3O3. The van der Waals surface area contributed by atoms with E-state index in [1.54, 1.807) is 11.9 Å². The first kappa shape index (κ1) is 18.7. The Kier molecular flexibility index (Phi) is 4.97. The molecule has 26 heavy (non-hydrogen) atoms. The summed E-state index contributed by atoms with van der Waals surface area (Å²) < 4.78 is 5.48. The molecule has 142 valence electrons. The van der Waals surface area contributed by atoms with Gasteiger partial charge in [0, 0.05) is 33.2 Å². The molecule has 0 aromatic heterocycles. The van der Waals surface area contributed by atoms with Gasteiger partial charge in [-0.25, -0.2) is 4.79 Å². The molecule has 0 bridgehead atoms. The van der Waals surface area contributed by atoms with Gasteiger partial charge in [-0.1, -0.05) is 24.3 Å². The van der Waals surface area contributed by atoms with E-state index >= 15 is 0 Å². The van der Waals surface area contributed by atoms with Gasteiger partial charge in [0.05, 0.1) is 0 Å². The number of fused-ring (bicyclic) bond motifs is 1. The number of ether oxygens (including phenoxy) is 1. The standard InChI is InChI=1S/C20H29N3O3/c1-19(2,3)26-18(25)22-11-13-23(14-12-22)20(17(24)21-4)10-9-15-7-5-6-8-16(15)20/h5-8H,9-14H2,1-4H3,(H,21,24). The van der Waals surface area contributed by atoms with E-state index in [0.717, 1.165) is 18.4 Å². The van der Waals surface area contributed by atoms with Crippen molar-refractivity contribution >= 4 is 12.0 Å². The van der Waals surface area contributed by atoms with Crippen LogP contribution in [0, 0.1) is 0 Å². The summed E-state index contributed by atoms with van der Waals surface area (Å²) in [5, 5.41) is 2.87. The molecule has 1 unspecified atom stereocenters. The zero-order valence-electron chi connectivity index (χ0n) is 16.2. The summed E-state index contributed by atoms with van der Waals surface area (Å²) in [6.45, 7) is 8.05. The Bertz CT molecular complexity index is 690. The van der Waals surface area contributed by atoms with Crippen LogP contribution >= 0.6 is 0 Å². The number of carbonyl (C=O) groups excluding carboxylic acids is 2. The number of nitrogens with one attached hydrogen (secondary N) is 1. The summed E-state index contributed by atoms with van der Waals surface area (Å²) in [5.74, 6) is 0.0353. The zero-order valence-corrected chi connectivity index (χ0v) is 16.2. The van der Waals surface area contributed by atoms with Crippen LogP contribution in [0.2, 0.25) is 0 Å². The van der Waals surface area contributed by atoms with Crippen LogP contribution < -0.4 is 5.32 Å². The average Bonchev–Trinajstić information content (AvgIpc) is 3.00. The molecule has 1 fully saturated rings. The van der Waals surface area contributed by atoms with Gasteiger partial charge in [0.2, 0.25) is 5.91 Å². The van der Waals surface area contributed by atoms with E-state index in [4.69, 9.17) is 4.74 Å². The van der Waals surface area contributed by atoms with Gasteiger partial charge in [-0.3, -0.25) is 9.69 Å². The largest absolute Gasteiger partial charge is 0.444 e. The Morgan fingerprint density at radius 3 is 2.38 bits per heavy atom. The van der Waals surface area contributed by atoms with Crippen molar-refractivity contribution in [3.63, 3.8) is 0 Å². The Morgan fingerprint density at radius 2 is 1.77 bits per heavy atom. The molecular weight excluding hydrogens is 330 g/mol. The highest BCUT2D eigenvalue weighted by molar-refractivity contribution is 5.89. The van der Waals surface area contributed by atoms with Crippen LogP contribution in [0.25, 0.3) is 0 Å². The molecule has 0 radical (unpaired) electrons. The monoisotopic (exact) mass is 359 g/mol. The Hall–Kier alpha value is -2.08. The maximum absolute atomic E-state index is 12.9. The first-order valence-electron chi connectivity index (χ1n) is 9.31. The molecule has 0 spiro atoms. The molecule has 1 aromatic carbocycles. The topological polar surface area (TPSA) is 61.9 Å².